The van der Waals surface area contributed by atoms with Gasteiger partial charge in [0.05, 0.1) is 6.20 Å². The number of nitrogens with zero attached hydrogens (tertiary/aromatic N) is 4. The lowest BCUT2D eigenvalue weighted by atomic mass is 9.99. The average Bonchev–Trinajstić information content (AvgIpc) is 2.80. The average molecular weight is 251 g/mol. The number of hydrogen-bond donors (Lipinski definition) is 1. The van der Waals surface area contributed by atoms with Gasteiger partial charge in [0.25, 0.3) is 0 Å². The minimum absolute atomic E-state index is 0.173. The van der Waals surface area contributed by atoms with Crippen LogP contribution in [-0.2, 0) is 13.0 Å². The molecule has 0 spiro atoms. The molecule has 1 aromatic heterocycles. The van der Waals surface area contributed by atoms with Gasteiger partial charge in [-0.2, -0.15) is 5.10 Å². The molecule has 0 radical (unpaired) electrons. The third kappa shape index (κ3) is 3.10. The Morgan fingerprint density at radius 1 is 1.44 bits per heavy atom. The topological polar surface area (TPSA) is 50.3 Å². The van der Waals surface area contributed by atoms with E-state index >= 15 is 0 Å². The van der Waals surface area contributed by atoms with E-state index < -0.39 is 0 Å². The van der Waals surface area contributed by atoms with Crippen molar-refractivity contribution in [1.82, 2.24) is 19.6 Å². The second-order valence-corrected chi connectivity index (χ2v) is 5.38. The molecule has 1 aromatic rings. The van der Waals surface area contributed by atoms with Gasteiger partial charge in [-0.3, -0.25) is 9.58 Å². The Bertz CT molecular complexity index is 375. The Morgan fingerprint density at radius 3 is 2.89 bits per heavy atom. The first kappa shape index (κ1) is 13.5. The van der Waals surface area contributed by atoms with Crippen LogP contribution < -0.4 is 5.73 Å². The first-order valence-electron chi connectivity index (χ1n) is 6.76. The van der Waals surface area contributed by atoms with Gasteiger partial charge in [-0.15, -0.1) is 0 Å². The number of aryl methyl sites for hydroxylation is 1. The number of likely N-dealkylation sites (N-methyl/N-ethyl adjacent to an activating group) is 2. The highest BCUT2D eigenvalue weighted by Crippen LogP contribution is 2.12. The summed E-state index contributed by atoms with van der Waals surface area (Å²) in [5, 5.41) is 4.30. The molecular weight excluding hydrogens is 226 g/mol. The van der Waals surface area contributed by atoms with Gasteiger partial charge in [-0.1, -0.05) is 0 Å². The first-order valence-corrected chi connectivity index (χ1v) is 6.76. The zero-order chi connectivity index (χ0) is 13.1. The van der Waals surface area contributed by atoms with Crippen LogP contribution >= 0.6 is 0 Å². The lowest BCUT2D eigenvalue weighted by molar-refractivity contribution is 0.0973. The molecule has 0 saturated carbocycles. The highest BCUT2D eigenvalue weighted by molar-refractivity contribution is 5.07. The Labute approximate surface area is 110 Å². The fourth-order valence-electron chi connectivity index (χ4n) is 2.60. The maximum Gasteiger partial charge on any atom is 0.0522 e. The molecule has 0 aliphatic carbocycles. The molecule has 0 amide bonds. The van der Waals surface area contributed by atoms with Gasteiger partial charge >= 0.3 is 0 Å². The standard InChI is InChI=1S/C13H25N5/c1-4-18-9-11(8-15-18)7-12(14)13-10-16(2)5-6-17(13)3/h8-9,12-13H,4-7,10,14H2,1-3H3. The zero-order valence-corrected chi connectivity index (χ0v) is 11.7. The molecule has 18 heavy (non-hydrogen) atoms. The summed E-state index contributed by atoms with van der Waals surface area (Å²) in [7, 11) is 4.34. The van der Waals surface area contributed by atoms with Gasteiger partial charge in [0, 0.05) is 44.5 Å². The normalized spacial score (nSPS) is 24.3. The van der Waals surface area contributed by atoms with E-state index in [9.17, 15) is 0 Å². The van der Waals surface area contributed by atoms with Crippen molar-refractivity contribution in [1.29, 1.82) is 0 Å². The van der Waals surface area contributed by atoms with E-state index in [2.05, 4.69) is 42.1 Å². The summed E-state index contributed by atoms with van der Waals surface area (Å²) >= 11 is 0. The molecule has 5 nitrogen and oxygen atoms in total. The molecule has 2 atom stereocenters. The highest BCUT2D eigenvalue weighted by atomic mass is 15.3. The number of aromatic nitrogens is 2. The van der Waals surface area contributed by atoms with E-state index in [0.29, 0.717) is 6.04 Å². The summed E-state index contributed by atoms with van der Waals surface area (Å²) in [4.78, 5) is 4.74. The van der Waals surface area contributed by atoms with Crippen LogP contribution in [0.4, 0.5) is 0 Å². The fraction of sp³-hybridized carbons (Fsp3) is 0.769. The number of nitrogens with two attached hydrogens (primary N) is 1. The molecule has 1 fully saturated rings. The monoisotopic (exact) mass is 251 g/mol. The lowest BCUT2D eigenvalue weighted by Gasteiger charge is -2.40. The quantitative estimate of drug-likeness (QED) is 0.819. The molecule has 1 saturated heterocycles. The van der Waals surface area contributed by atoms with E-state index in [4.69, 9.17) is 5.73 Å². The van der Waals surface area contributed by atoms with Gasteiger partial charge in [0.15, 0.2) is 0 Å². The number of hydrogen-bond acceptors (Lipinski definition) is 4. The Balaban J connectivity index is 1.95. The lowest BCUT2D eigenvalue weighted by Crippen LogP contribution is -2.58. The van der Waals surface area contributed by atoms with Gasteiger partial charge in [0.1, 0.15) is 0 Å². The van der Waals surface area contributed by atoms with Crippen LogP contribution in [0.25, 0.3) is 0 Å². The van der Waals surface area contributed by atoms with E-state index in [-0.39, 0.29) is 6.04 Å². The maximum atomic E-state index is 6.38. The first-order chi connectivity index (χ1) is 8.60. The maximum absolute atomic E-state index is 6.38. The Hall–Kier alpha value is -0.910. The van der Waals surface area contributed by atoms with Crippen molar-refractivity contribution in [2.45, 2.75) is 32.0 Å². The Morgan fingerprint density at radius 2 is 2.22 bits per heavy atom. The second-order valence-electron chi connectivity index (χ2n) is 5.38. The minimum atomic E-state index is 0.173. The zero-order valence-electron chi connectivity index (χ0n) is 11.7. The van der Waals surface area contributed by atoms with Crippen molar-refractivity contribution in [2.24, 2.45) is 5.73 Å². The Kier molecular flexibility index (Phi) is 4.37. The summed E-state index contributed by atoms with van der Waals surface area (Å²) in [6.45, 7) is 6.30. The third-order valence-corrected chi connectivity index (χ3v) is 3.88. The van der Waals surface area contributed by atoms with Gasteiger partial charge < -0.3 is 10.6 Å². The molecule has 2 rings (SSSR count). The molecular formula is C13H25N5. The molecule has 2 heterocycles. The van der Waals surface area contributed by atoms with Crippen LogP contribution in [0, 0.1) is 0 Å². The largest absolute Gasteiger partial charge is 0.326 e. The van der Waals surface area contributed by atoms with E-state index in [1.807, 2.05) is 10.9 Å². The van der Waals surface area contributed by atoms with Crippen molar-refractivity contribution < 1.29 is 0 Å². The third-order valence-electron chi connectivity index (χ3n) is 3.88. The van der Waals surface area contributed by atoms with Crippen molar-refractivity contribution in [3.05, 3.63) is 18.0 Å². The number of piperazine rings is 1. The van der Waals surface area contributed by atoms with Crippen molar-refractivity contribution in [2.75, 3.05) is 33.7 Å². The molecule has 1 aliphatic rings. The summed E-state index contributed by atoms with van der Waals surface area (Å²) in [5.74, 6) is 0. The van der Waals surface area contributed by atoms with Crippen molar-refractivity contribution in [3.8, 4) is 0 Å². The van der Waals surface area contributed by atoms with Gasteiger partial charge in [-0.05, 0) is 33.0 Å². The van der Waals surface area contributed by atoms with E-state index in [1.165, 1.54) is 5.56 Å². The summed E-state index contributed by atoms with van der Waals surface area (Å²) in [5.41, 5.74) is 7.62. The molecule has 0 bridgehead atoms. The molecule has 5 heteroatoms. The smallest absolute Gasteiger partial charge is 0.0522 e. The predicted octanol–water partition coefficient (Wildman–Crippen LogP) is 0.0186. The van der Waals surface area contributed by atoms with Gasteiger partial charge in [-0.25, -0.2) is 0 Å². The minimum Gasteiger partial charge on any atom is -0.326 e. The van der Waals surface area contributed by atoms with E-state index in [0.717, 1.165) is 32.6 Å². The van der Waals surface area contributed by atoms with Crippen LogP contribution in [0.3, 0.4) is 0 Å². The highest BCUT2D eigenvalue weighted by Gasteiger charge is 2.27. The SMILES string of the molecule is CCn1cc(CC(N)C2CN(C)CCN2C)cn1. The molecule has 1 aliphatic heterocycles. The summed E-state index contributed by atoms with van der Waals surface area (Å²) in [6, 6.07) is 0.612. The fourth-order valence-corrected chi connectivity index (χ4v) is 2.60. The molecule has 102 valence electrons. The molecule has 0 aromatic carbocycles. The van der Waals surface area contributed by atoms with Crippen LogP contribution in [0.5, 0.6) is 0 Å². The summed E-state index contributed by atoms with van der Waals surface area (Å²) < 4.78 is 1.96. The summed E-state index contributed by atoms with van der Waals surface area (Å²) in [6.07, 6.45) is 4.95. The van der Waals surface area contributed by atoms with Crippen LogP contribution in [0.1, 0.15) is 12.5 Å². The van der Waals surface area contributed by atoms with Crippen molar-refractivity contribution >= 4 is 0 Å². The predicted molar refractivity (Wildman–Crippen MR) is 73.5 cm³/mol. The second kappa shape index (κ2) is 5.82. The van der Waals surface area contributed by atoms with Crippen molar-refractivity contribution in [3.63, 3.8) is 0 Å². The van der Waals surface area contributed by atoms with E-state index in [1.54, 1.807) is 0 Å². The van der Waals surface area contributed by atoms with Crippen LogP contribution in [0.15, 0.2) is 12.4 Å². The molecule has 2 N–H and O–H groups in total. The van der Waals surface area contributed by atoms with Crippen LogP contribution in [0.2, 0.25) is 0 Å². The number of rotatable bonds is 4. The molecule has 2 unspecified atom stereocenters. The van der Waals surface area contributed by atoms with Crippen LogP contribution in [-0.4, -0.2) is 65.4 Å². The van der Waals surface area contributed by atoms with Gasteiger partial charge in [0.2, 0.25) is 0 Å².